The number of allylic oxidation sites excluding steroid dienone is 2. The van der Waals surface area contributed by atoms with Gasteiger partial charge in [0.15, 0.2) is 0 Å². The Bertz CT molecular complexity index is 1060. The lowest BCUT2D eigenvalue weighted by atomic mass is 9.88. The fourth-order valence-corrected chi connectivity index (χ4v) is 5.51. The maximum Gasteiger partial charge on any atom is 0.0485 e. The number of nitrogens with one attached hydrogen (secondary N) is 2. The van der Waals surface area contributed by atoms with Crippen LogP contribution in [0.25, 0.3) is 5.57 Å². The summed E-state index contributed by atoms with van der Waals surface area (Å²) in [5, 5.41) is 7.12. The summed E-state index contributed by atoms with van der Waals surface area (Å²) in [7, 11) is 0. The molecule has 1 heterocycles. The first kappa shape index (κ1) is 25.3. The monoisotopic (exact) mass is 466 g/mol. The lowest BCUT2D eigenvalue weighted by Gasteiger charge is -2.22. The maximum absolute atomic E-state index is 4.33. The van der Waals surface area contributed by atoms with Crippen LogP contribution in [0.15, 0.2) is 90.7 Å². The quantitative estimate of drug-likeness (QED) is 0.365. The summed E-state index contributed by atoms with van der Waals surface area (Å²) in [5.74, 6) is 0.833. The molecule has 2 aromatic carbocycles. The highest BCUT2D eigenvalue weighted by molar-refractivity contribution is 5.82. The van der Waals surface area contributed by atoms with E-state index >= 15 is 0 Å². The lowest BCUT2D eigenvalue weighted by Crippen LogP contribution is -2.23. The minimum Gasteiger partial charge on any atom is -0.379 e. The molecule has 4 rings (SSSR count). The van der Waals surface area contributed by atoms with Crippen molar-refractivity contribution in [2.45, 2.75) is 64.8 Å². The van der Waals surface area contributed by atoms with Crippen molar-refractivity contribution in [3.63, 3.8) is 0 Å². The molecule has 1 aliphatic heterocycles. The van der Waals surface area contributed by atoms with Gasteiger partial charge in [0.2, 0.25) is 0 Å². The second-order valence-electron chi connectivity index (χ2n) is 10.3. The molecular formula is C33H42N2. The Morgan fingerprint density at radius 1 is 1.00 bits per heavy atom. The molecule has 1 saturated carbocycles. The fourth-order valence-electron chi connectivity index (χ4n) is 5.51. The van der Waals surface area contributed by atoms with E-state index in [4.69, 9.17) is 0 Å². The SMILES string of the molecule is C=C/C(=C\CC1CCCC1)C(=C)N[C@H](C)c1ccc(C(=C2CCNCC2)c2ccc(C)cc2)cc1. The van der Waals surface area contributed by atoms with Gasteiger partial charge in [0, 0.05) is 11.7 Å². The normalized spacial score (nSPS) is 17.8. The zero-order valence-electron chi connectivity index (χ0n) is 21.7. The van der Waals surface area contributed by atoms with Crippen molar-refractivity contribution >= 4 is 5.57 Å². The third-order valence-electron chi connectivity index (χ3n) is 7.71. The average Bonchev–Trinajstić information content (AvgIpc) is 3.40. The van der Waals surface area contributed by atoms with Gasteiger partial charge in [0.1, 0.15) is 0 Å². The molecule has 184 valence electrons. The third-order valence-corrected chi connectivity index (χ3v) is 7.71. The predicted molar refractivity (Wildman–Crippen MR) is 151 cm³/mol. The van der Waals surface area contributed by atoms with E-state index in [1.807, 2.05) is 6.08 Å². The zero-order valence-corrected chi connectivity index (χ0v) is 21.7. The van der Waals surface area contributed by atoms with Gasteiger partial charge in [-0.2, -0.15) is 0 Å². The number of piperidine rings is 1. The summed E-state index contributed by atoms with van der Waals surface area (Å²) in [6.45, 7) is 14.9. The molecule has 0 aromatic heterocycles. The number of rotatable bonds is 9. The summed E-state index contributed by atoms with van der Waals surface area (Å²) >= 11 is 0. The number of hydrogen-bond donors (Lipinski definition) is 2. The summed E-state index contributed by atoms with van der Waals surface area (Å²) in [6, 6.07) is 18.3. The molecule has 0 unspecified atom stereocenters. The molecule has 1 aliphatic carbocycles. The van der Waals surface area contributed by atoms with Crippen LogP contribution in [0.2, 0.25) is 0 Å². The van der Waals surface area contributed by atoms with Crippen LogP contribution in [0.5, 0.6) is 0 Å². The van der Waals surface area contributed by atoms with E-state index in [0.29, 0.717) is 0 Å². The van der Waals surface area contributed by atoms with Gasteiger partial charge in [0.05, 0.1) is 0 Å². The van der Waals surface area contributed by atoms with E-state index in [-0.39, 0.29) is 6.04 Å². The smallest absolute Gasteiger partial charge is 0.0485 e. The van der Waals surface area contributed by atoms with Crippen molar-refractivity contribution in [2.24, 2.45) is 5.92 Å². The largest absolute Gasteiger partial charge is 0.379 e. The third kappa shape index (κ3) is 6.64. The van der Waals surface area contributed by atoms with Crippen LogP contribution in [0, 0.1) is 12.8 Å². The van der Waals surface area contributed by atoms with Crippen LogP contribution in [-0.4, -0.2) is 13.1 Å². The van der Waals surface area contributed by atoms with Gasteiger partial charge in [-0.3, -0.25) is 0 Å². The van der Waals surface area contributed by atoms with Gasteiger partial charge in [-0.15, -0.1) is 0 Å². The Morgan fingerprint density at radius 3 is 2.20 bits per heavy atom. The Kier molecular flexibility index (Phi) is 8.82. The number of hydrogen-bond acceptors (Lipinski definition) is 2. The Hall–Kier alpha value is -2.84. The molecule has 2 N–H and O–H groups in total. The average molecular weight is 467 g/mol. The van der Waals surface area contributed by atoms with Crippen molar-refractivity contribution < 1.29 is 0 Å². The summed E-state index contributed by atoms with van der Waals surface area (Å²) in [4.78, 5) is 0. The molecule has 2 aromatic rings. The van der Waals surface area contributed by atoms with Crippen LogP contribution >= 0.6 is 0 Å². The fraction of sp³-hybridized carbons (Fsp3) is 0.394. The van der Waals surface area contributed by atoms with Gasteiger partial charge in [-0.25, -0.2) is 0 Å². The van der Waals surface area contributed by atoms with E-state index in [2.05, 4.69) is 92.2 Å². The molecule has 0 amide bonds. The van der Waals surface area contributed by atoms with Gasteiger partial charge in [-0.1, -0.05) is 111 Å². The minimum absolute atomic E-state index is 0.181. The van der Waals surface area contributed by atoms with E-state index in [1.165, 1.54) is 53.5 Å². The van der Waals surface area contributed by atoms with E-state index in [1.54, 1.807) is 5.57 Å². The van der Waals surface area contributed by atoms with Crippen molar-refractivity contribution in [1.82, 2.24) is 10.6 Å². The number of benzene rings is 2. The molecule has 2 fully saturated rings. The van der Waals surface area contributed by atoms with Gasteiger partial charge in [0.25, 0.3) is 0 Å². The maximum atomic E-state index is 4.33. The zero-order chi connectivity index (χ0) is 24.6. The van der Waals surface area contributed by atoms with Crippen molar-refractivity contribution in [3.05, 3.63) is 113 Å². The van der Waals surface area contributed by atoms with Crippen molar-refractivity contribution in [2.75, 3.05) is 13.1 Å². The molecule has 2 aliphatic rings. The van der Waals surface area contributed by atoms with Crippen LogP contribution < -0.4 is 10.6 Å². The lowest BCUT2D eigenvalue weighted by molar-refractivity contribution is 0.556. The Morgan fingerprint density at radius 2 is 1.60 bits per heavy atom. The highest BCUT2D eigenvalue weighted by Gasteiger charge is 2.16. The standard InChI is InChI=1S/C33H42N2/c1-5-28(15-12-27-8-6-7-9-27)25(3)35-26(4)29-16-18-31(19-17-29)33(32-20-22-34-23-21-32)30-13-10-24(2)11-14-30/h5,10-11,13-19,26-27,34-35H,1,3,6-9,12,20-23H2,2,4H3/b28-15+/t26-/m1/s1. The molecule has 1 atom stereocenters. The van der Waals surface area contributed by atoms with Gasteiger partial charge < -0.3 is 10.6 Å². The molecule has 0 radical (unpaired) electrons. The van der Waals surface area contributed by atoms with Crippen molar-refractivity contribution in [3.8, 4) is 0 Å². The van der Waals surface area contributed by atoms with Crippen LogP contribution in [0.1, 0.15) is 80.2 Å². The summed E-state index contributed by atoms with van der Waals surface area (Å²) in [6.07, 6.45) is 13.1. The first-order chi connectivity index (χ1) is 17.0. The van der Waals surface area contributed by atoms with Gasteiger partial charge in [-0.05, 0) is 80.0 Å². The molecule has 2 nitrogen and oxygen atoms in total. The Balaban J connectivity index is 1.49. The second-order valence-corrected chi connectivity index (χ2v) is 10.3. The molecule has 0 spiro atoms. The molecular weight excluding hydrogens is 424 g/mol. The minimum atomic E-state index is 0.181. The predicted octanol–water partition coefficient (Wildman–Crippen LogP) is 8.04. The van der Waals surface area contributed by atoms with Crippen molar-refractivity contribution in [1.29, 1.82) is 0 Å². The summed E-state index contributed by atoms with van der Waals surface area (Å²) < 4.78 is 0. The van der Waals surface area contributed by atoms with Gasteiger partial charge >= 0.3 is 0 Å². The van der Waals surface area contributed by atoms with E-state index < -0.39 is 0 Å². The number of aryl methyl sites for hydroxylation is 1. The van der Waals surface area contributed by atoms with Crippen LogP contribution in [0.4, 0.5) is 0 Å². The van der Waals surface area contributed by atoms with Crippen LogP contribution in [0.3, 0.4) is 0 Å². The first-order valence-electron chi connectivity index (χ1n) is 13.4. The Labute approximate surface area is 212 Å². The highest BCUT2D eigenvalue weighted by atomic mass is 14.9. The topological polar surface area (TPSA) is 24.1 Å². The summed E-state index contributed by atoms with van der Waals surface area (Å²) in [5.41, 5.74) is 10.3. The second kappa shape index (κ2) is 12.2. The van der Waals surface area contributed by atoms with Crippen LogP contribution in [-0.2, 0) is 0 Å². The molecule has 2 heteroatoms. The highest BCUT2D eigenvalue weighted by Crippen LogP contribution is 2.32. The first-order valence-corrected chi connectivity index (χ1v) is 13.4. The molecule has 1 saturated heterocycles. The molecule has 35 heavy (non-hydrogen) atoms. The molecule has 0 bridgehead atoms. The van der Waals surface area contributed by atoms with E-state index in [9.17, 15) is 0 Å². The van der Waals surface area contributed by atoms with E-state index in [0.717, 1.165) is 49.5 Å².